The first-order valence-electron chi connectivity index (χ1n) is 10.8. The van der Waals surface area contributed by atoms with Gasteiger partial charge in [0.2, 0.25) is 0 Å². The van der Waals surface area contributed by atoms with Gasteiger partial charge >= 0.3 is 0 Å². The Hall–Kier alpha value is -3.58. The Bertz CT molecular complexity index is 1060. The molecule has 0 aliphatic rings. The summed E-state index contributed by atoms with van der Waals surface area (Å²) in [5, 5.41) is 7.44. The van der Waals surface area contributed by atoms with Crippen LogP contribution < -0.4 is 20.1 Å². The minimum Gasteiger partial charge on any atom is -0.497 e. The summed E-state index contributed by atoms with van der Waals surface area (Å²) in [6, 6.07) is 18.4. The zero-order chi connectivity index (χ0) is 23.5. The van der Waals surface area contributed by atoms with Gasteiger partial charge in [-0.25, -0.2) is 0 Å². The molecule has 0 spiro atoms. The Balaban J connectivity index is 1.58. The fourth-order valence-corrected chi connectivity index (χ4v) is 3.74. The lowest BCUT2D eigenvalue weighted by Gasteiger charge is -2.12. The maximum Gasteiger partial charge on any atom is 0.267 e. The molecule has 0 saturated carbocycles. The highest BCUT2D eigenvalue weighted by molar-refractivity contribution is 7.10. The third kappa shape index (κ3) is 7.50. The second kappa shape index (κ2) is 12.5. The van der Waals surface area contributed by atoms with Gasteiger partial charge in [0.25, 0.3) is 11.8 Å². The molecule has 0 aliphatic carbocycles. The van der Waals surface area contributed by atoms with Crippen molar-refractivity contribution in [3.05, 3.63) is 87.7 Å². The minimum absolute atomic E-state index is 0.169. The molecule has 33 heavy (non-hydrogen) atoms. The minimum atomic E-state index is -0.382. The number of carbonyl (C=O) groups is 2. The number of amides is 2. The van der Waals surface area contributed by atoms with Crippen LogP contribution in [0.2, 0.25) is 0 Å². The van der Waals surface area contributed by atoms with Gasteiger partial charge in [-0.3, -0.25) is 9.59 Å². The van der Waals surface area contributed by atoms with Crippen molar-refractivity contribution in [2.75, 3.05) is 20.3 Å². The van der Waals surface area contributed by atoms with Crippen LogP contribution >= 0.6 is 11.3 Å². The molecule has 1 aromatic heterocycles. The van der Waals surface area contributed by atoms with E-state index in [9.17, 15) is 9.59 Å². The summed E-state index contributed by atoms with van der Waals surface area (Å²) in [6.45, 7) is 2.76. The molecule has 0 radical (unpaired) electrons. The van der Waals surface area contributed by atoms with Crippen molar-refractivity contribution < 1.29 is 19.1 Å². The molecule has 1 heterocycles. The molecule has 0 atom stereocenters. The van der Waals surface area contributed by atoms with E-state index in [1.807, 2.05) is 41.8 Å². The first-order chi connectivity index (χ1) is 16.1. The number of nitrogens with one attached hydrogen (secondary N) is 2. The summed E-state index contributed by atoms with van der Waals surface area (Å²) < 4.78 is 10.8. The van der Waals surface area contributed by atoms with Crippen molar-refractivity contribution in [2.45, 2.75) is 19.8 Å². The first-order valence-corrected chi connectivity index (χ1v) is 11.7. The Morgan fingerprint density at radius 3 is 2.36 bits per heavy atom. The van der Waals surface area contributed by atoms with Crippen molar-refractivity contribution in [2.24, 2.45) is 0 Å². The lowest BCUT2D eigenvalue weighted by Crippen LogP contribution is -2.36. The third-order valence-electron chi connectivity index (χ3n) is 4.79. The second-order valence-electron chi connectivity index (χ2n) is 7.25. The summed E-state index contributed by atoms with van der Waals surface area (Å²) >= 11 is 1.48. The van der Waals surface area contributed by atoms with Crippen LogP contribution in [0, 0.1) is 0 Å². The molecular formula is C26H28N2O4S. The van der Waals surface area contributed by atoms with Gasteiger partial charge in [-0.15, -0.1) is 11.3 Å². The number of methoxy groups -OCH3 is 1. The van der Waals surface area contributed by atoms with E-state index < -0.39 is 0 Å². The number of ether oxygens (including phenoxy) is 2. The quantitative estimate of drug-likeness (QED) is 0.319. The van der Waals surface area contributed by atoms with E-state index >= 15 is 0 Å². The predicted molar refractivity (Wildman–Crippen MR) is 132 cm³/mol. The van der Waals surface area contributed by atoms with Crippen LogP contribution in [0.1, 0.15) is 34.1 Å². The van der Waals surface area contributed by atoms with Crippen LogP contribution in [0.4, 0.5) is 0 Å². The number of aryl methyl sites for hydroxylation is 1. The maximum atomic E-state index is 12.8. The SMILES string of the molecule is CCCc1ccc(OCCNC(=O)/C(=C/c2cccs2)NC(=O)c2ccc(OC)cc2)cc1. The van der Waals surface area contributed by atoms with Crippen LogP contribution in [0.3, 0.4) is 0 Å². The lowest BCUT2D eigenvalue weighted by molar-refractivity contribution is -0.117. The molecule has 3 rings (SSSR count). The highest BCUT2D eigenvalue weighted by Crippen LogP contribution is 2.15. The number of hydrogen-bond acceptors (Lipinski definition) is 5. The van der Waals surface area contributed by atoms with Crippen molar-refractivity contribution >= 4 is 29.2 Å². The van der Waals surface area contributed by atoms with Gasteiger partial charge in [-0.05, 0) is 65.9 Å². The number of benzene rings is 2. The van der Waals surface area contributed by atoms with Gasteiger partial charge < -0.3 is 20.1 Å². The Labute approximate surface area is 198 Å². The zero-order valence-corrected chi connectivity index (χ0v) is 19.6. The molecule has 2 N–H and O–H groups in total. The summed E-state index contributed by atoms with van der Waals surface area (Å²) in [7, 11) is 1.56. The largest absolute Gasteiger partial charge is 0.497 e. The predicted octanol–water partition coefficient (Wildman–Crippen LogP) is 4.68. The summed E-state index contributed by atoms with van der Waals surface area (Å²) in [5.74, 6) is 0.649. The van der Waals surface area contributed by atoms with E-state index in [4.69, 9.17) is 9.47 Å². The number of rotatable bonds is 11. The molecular weight excluding hydrogens is 436 g/mol. The van der Waals surface area contributed by atoms with Crippen LogP contribution in [0.5, 0.6) is 11.5 Å². The molecule has 0 unspecified atom stereocenters. The van der Waals surface area contributed by atoms with Gasteiger partial charge in [-0.1, -0.05) is 31.5 Å². The summed E-state index contributed by atoms with van der Waals surface area (Å²) in [6.07, 6.45) is 3.80. The van der Waals surface area contributed by atoms with Gasteiger partial charge in [0.1, 0.15) is 23.8 Å². The Morgan fingerprint density at radius 1 is 1.00 bits per heavy atom. The number of thiophene rings is 1. The van der Waals surface area contributed by atoms with Crippen LogP contribution in [-0.2, 0) is 11.2 Å². The van der Waals surface area contributed by atoms with Gasteiger partial charge in [0.15, 0.2) is 0 Å². The van der Waals surface area contributed by atoms with Crippen LogP contribution in [-0.4, -0.2) is 32.1 Å². The van der Waals surface area contributed by atoms with Crippen LogP contribution in [0.15, 0.2) is 71.7 Å². The molecule has 6 nitrogen and oxygen atoms in total. The molecule has 2 aromatic carbocycles. The van der Waals surface area contributed by atoms with E-state index in [1.54, 1.807) is 37.5 Å². The van der Waals surface area contributed by atoms with Gasteiger partial charge in [0, 0.05) is 10.4 Å². The van der Waals surface area contributed by atoms with Crippen molar-refractivity contribution in [3.63, 3.8) is 0 Å². The van der Waals surface area contributed by atoms with E-state index in [2.05, 4.69) is 17.6 Å². The highest BCUT2D eigenvalue weighted by Gasteiger charge is 2.15. The molecule has 2 amide bonds. The highest BCUT2D eigenvalue weighted by atomic mass is 32.1. The number of hydrogen-bond donors (Lipinski definition) is 2. The molecule has 7 heteroatoms. The second-order valence-corrected chi connectivity index (χ2v) is 8.23. The zero-order valence-electron chi connectivity index (χ0n) is 18.8. The lowest BCUT2D eigenvalue weighted by atomic mass is 10.1. The average Bonchev–Trinajstić information content (AvgIpc) is 3.35. The summed E-state index contributed by atoms with van der Waals surface area (Å²) in [5.41, 5.74) is 1.87. The monoisotopic (exact) mass is 464 g/mol. The van der Waals surface area contributed by atoms with Gasteiger partial charge in [0.05, 0.1) is 13.7 Å². The first kappa shape index (κ1) is 24.1. The average molecular weight is 465 g/mol. The van der Waals surface area contributed by atoms with Crippen molar-refractivity contribution in [3.8, 4) is 11.5 Å². The molecule has 172 valence electrons. The normalized spacial score (nSPS) is 11.0. The Morgan fingerprint density at radius 2 is 1.73 bits per heavy atom. The topological polar surface area (TPSA) is 76.7 Å². The van der Waals surface area contributed by atoms with E-state index in [1.165, 1.54) is 16.9 Å². The fraction of sp³-hybridized carbons (Fsp3) is 0.231. The number of carbonyl (C=O) groups excluding carboxylic acids is 2. The van der Waals surface area contributed by atoms with Crippen LogP contribution in [0.25, 0.3) is 6.08 Å². The molecule has 0 bridgehead atoms. The van der Waals surface area contributed by atoms with Crippen molar-refractivity contribution in [1.82, 2.24) is 10.6 Å². The van der Waals surface area contributed by atoms with Gasteiger partial charge in [-0.2, -0.15) is 0 Å². The molecule has 0 saturated heterocycles. The third-order valence-corrected chi connectivity index (χ3v) is 5.61. The van der Waals surface area contributed by atoms with Crippen molar-refractivity contribution in [1.29, 1.82) is 0 Å². The summed E-state index contributed by atoms with van der Waals surface area (Å²) in [4.78, 5) is 26.3. The molecule has 0 fully saturated rings. The maximum absolute atomic E-state index is 12.8. The fourth-order valence-electron chi connectivity index (χ4n) is 3.08. The van der Waals surface area contributed by atoms with E-state index in [0.717, 1.165) is 23.5 Å². The molecule has 3 aromatic rings. The Kier molecular flexibility index (Phi) is 9.08. The standard InChI is InChI=1S/C26H28N2O4S/c1-3-5-19-7-11-22(12-8-19)32-16-15-27-26(30)24(18-23-6-4-17-33-23)28-25(29)20-9-13-21(31-2)14-10-20/h4,6-14,17-18H,3,5,15-16H2,1-2H3,(H,27,30)(H,28,29)/b24-18-. The smallest absolute Gasteiger partial charge is 0.267 e. The van der Waals surface area contributed by atoms with E-state index in [0.29, 0.717) is 24.5 Å². The van der Waals surface area contributed by atoms with E-state index in [-0.39, 0.29) is 17.5 Å². The molecule has 0 aliphatic heterocycles.